The summed E-state index contributed by atoms with van der Waals surface area (Å²) in [5, 5.41) is 5.07. The monoisotopic (exact) mass is 305 g/mol. The minimum Gasteiger partial charge on any atom is -0.380 e. The van der Waals surface area contributed by atoms with Gasteiger partial charge in [0.25, 0.3) is 0 Å². The molecular weight excluding hydrogens is 293 g/mol. The van der Waals surface area contributed by atoms with Gasteiger partial charge in [0.2, 0.25) is 0 Å². The number of thiophene rings is 1. The number of fused-ring (bicyclic) bond motifs is 1. The van der Waals surface area contributed by atoms with Crippen molar-refractivity contribution in [2.45, 2.75) is 13.5 Å². The molecule has 0 spiro atoms. The fourth-order valence-corrected chi connectivity index (χ4v) is 3.50. The number of halogens is 2. The van der Waals surface area contributed by atoms with E-state index < -0.39 is 0 Å². The van der Waals surface area contributed by atoms with E-state index in [9.17, 15) is 4.39 Å². The van der Waals surface area contributed by atoms with Gasteiger partial charge in [-0.25, -0.2) is 4.39 Å². The second-order valence-corrected chi connectivity index (χ2v) is 6.17. The topological polar surface area (TPSA) is 12.0 Å². The molecule has 102 valence electrons. The summed E-state index contributed by atoms with van der Waals surface area (Å²) in [5.74, 6) is -0.197. The number of rotatable bonds is 3. The van der Waals surface area contributed by atoms with Crippen molar-refractivity contribution in [1.29, 1.82) is 0 Å². The molecule has 1 aromatic heterocycles. The van der Waals surface area contributed by atoms with Crippen LogP contribution < -0.4 is 5.32 Å². The first-order valence-electron chi connectivity index (χ1n) is 6.31. The zero-order chi connectivity index (χ0) is 14.1. The number of benzene rings is 2. The Morgan fingerprint density at radius 1 is 1.20 bits per heavy atom. The number of anilines is 1. The van der Waals surface area contributed by atoms with Gasteiger partial charge in [0.15, 0.2) is 0 Å². The third kappa shape index (κ3) is 2.51. The summed E-state index contributed by atoms with van der Waals surface area (Å²) in [7, 11) is 0. The van der Waals surface area contributed by atoms with Crippen molar-refractivity contribution in [3.05, 3.63) is 63.7 Å². The van der Waals surface area contributed by atoms with Crippen LogP contribution >= 0.6 is 22.9 Å². The Kier molecular flexibility index (Phi) is 3.64. The van der Waals surface area contributed by atoms with E-state index in [-0.39, 0.29) is 5.82 Å². The summed E-state index contributed by atoms with van der Waals surface area (Å²) in [6.45, 7) is 2.35. The van der Waals surface area contributed by atoms with Crippen molar-refractivity contribution in [3.8, 4) is 0 Å². The van der Waals surface area contributed by atoms with Gasteiger partial charge >= 0.3 is 0 Å². The molecular formula is C16H13ClFNS. The van der Waals surface area contributed by atoms with Gasteiger partial charge in [-0.3, -0.25) is 0 Å². The van der Waals surface area contributed by atoms with E-state index in [0.717, 1.165) is 21.0 Å². The number of hydrogen-bond donors (Lipinski definition) is 1. The van der Waals surface area contributed by atoms with E-state index in [2.05, 4.69) is 11.4 Å². The summed E-state index contributed by atoms with van der Waals surface area (Å²) >= 11 is 8.04. The molecule has 0 radical (unpaired) electrons. The highest BCUT2D eigenvalue weighted by Gasteiger charge is 2.09. The van der Waals surface area contributed by atoms with Crippen molar-refractivity contribution < 1.29 is 4.39 Å². The lowest BCUT2D eigenvalue weighted by atomic mass is 10.2. The van der Waals surface area contributed by atoms with Gasteiger partial charge in [0.1, 0.15) is 5.82 Å². The summed E-state index contributed by atoms with van der Waals surface area (Å²) in [6, 6.07) is 13.2. The Hall–Kier alpha value is -1.58. The normalized spacial score (nSPS) is 10.9. The van der Waals surface area contributed by atoms with E-state index in [1.54, 1.807) is 24.3 Å². The molecule has 0 aliphatic carbocycles. The van der Waals surface area contributed by atoms with E-state index >= 15 is 0 Å². The minimum absolute atomic E-state index is 0.197. The van der Waals surface area contributed by atoms with Crippen molar-refractivity contribution in [1.82, 2.24) is 0 Å². The van der Waals surface area contributed by atoms with E-state index in [1.165, 1.54) is 10.8 Å². The number of hydrogen-bond acceptors (Lipinski definition) is 2. The maximum Gasteiger partial charge on any atom is 0.128 e. The average molecular weight is 306 g/mol. The Labute approximate surface area is 126 Å². The first-order valence-corrected chi connectivity index (χ1v) is 7.50. The number of aryl methyl sites for hydroxylation is 1. The molecule has 4 heteroatoms. The van der Waals surface area contributed by atoms with Crippen molar-refractivity contribution in [2.75, 3.05) is 5.32 Å². The minimum atomic E-state index is -0.197. The van der Waals surface area contributed by atoms with Gasteiger partial charge < -0.3 is 5.32 Å². The summed E-state index contributed by atoms with van der Waals surface area (Å²) in [5.41, 5.74) is 1.41. The lowest BCUT2D eigenvalue weighted by Crippen LogP contribution is -1.98. The van der Waals surface area contributed by atoms with Crippen molar-refractivity contribution in [3.63, 3.8) is 0 Å². The zero-order valence-corrected chi connectivity index (χ0v) is 12.5. The third-order valence-electron chi connectivity index (χ3n) is 3.23. The van der Waals surface area contributed by atoms with Crippen LogP contribution in [-0.4, -0.2) is 0 Å². The molecule has 0 fully saturated rings. The van der Waals surface area contributed by atoms with Gasteiger partial charge in [-0.1, -0.05) is 35.9 Å². The van der Waals surface area contributed by atoms with Gasteiger partial charge in [-0.2, -0.15) is 0 Å². The van der Waals surface area contributed by atoms with Crippen LogP contribution in [-0.2, 0) is 6.54 Å². The van der Waals surface area contributed by atoms with Crippen LogP contribution in [0.5, 0.6) is 0 Å². The first kappa shape index (κ1) is 13.4. The van der Waals surface area contributed by atoms with Gasteiger partial charge in [0.05, 0.1) is 11.6 Å². The van der Waals surface area contributed by atoms with Crippen LogP contribution in [0, 0.1) is 12.7 Å². The van der Waals surface area contributed by atoms with Gasteiger partial charge in [-0.15, -0.1) is 11.3 Å². The lowest BCUT2D eigenvalue weighted by molar-refractivity contribution is 0.619. The van der Waals surface area contributed by atoms with Gasteiger partial charge in [-0.05, 0) is 30.7 Å². The Bertz CT molecular complexity index is 766. The van der Waals surface area contributed by atoms with Crippen LogP contribution in [0.3, 0.4) is 0 Å². The van der Waals surface area contributed by atoms with Crippen molar-refractivity contribution in [2.24, 2.45) is 0 Å². The smallest absolute Gasteiger partial charge is 0.128 e. The first-order chi connectivity index (χ1) is 9.65. The van der Waals surface area contributed by atoms with E-state index in [4.69, 9.17) is 11.6 Å². The highest BCUT2D eigenvalue weighted by molar-refractivity contribution is 7.19. The Morgan fingerprint density at radius 3 is 2.75 bits per heavy atom. The molecule has 0 saturated heterocycles. The van der Waals surface area contributed by atoms with E-state index in [0.29, 0.717) is 12.1 Å². The second kappa shape index (κ2) is 5.43. The highest BCUT2D eigenvalue weighted by atomic mass is 35.5. The van der Waals surface area contributed by atoms with Crippen LogP contribution in [0.2, 0.25) is 5.02 Å². The molecule has 1 nitrogen and oxygen atoms in total. The molecule has 0 atom stereocenters. The van der Waals surface area contributed by atoms with Crippen LogP contribution in [0.25, 0.3) is 10.1 Å². The predicted molar refractivity (Wildman–Crippen MR) is 85.3 cm³/mol. The molecule has 0 aliphatic heterocycles. The third-order valence-corrected chi connectivity index (χ3v) is 4.94. The largest absolute Gasteiger partial charge is 0.380 e. The highest BCUT2D eigenvalue weighted by Crippen LogP contribution is 2.35. The fourth-order valence-electron chi connectivity index (χ4n) is 2.06. The van der Waals surface area contributed by atoms with Gasteiger partial charge in [0, 0.05) is 20.7 Å². The molecule has 0 aliphatic rings. The van der Waals surface area contributed by atoms with Crippen LogP contribution in [0.4, 0.5) is 10.1 Å². The SMILES string of the molecule is Cc1ccc(NCc2sc3ccccc3c2Cl)cc1F. The maximum atomic E-state index is 13.5. The lowest BCUT2D eigenvalue weighted by Gasteiger charge is -2.06. The molecule has 20 heavy (non-hydrogen) atoms. The second-order valence-electron chi connectivity index (χ2n) is 4.65. The average Bonchev–Trinajstić information content (AvgIpc) is 2.77. The Balaban J connectivity index is 1.83. The zero-order valence-electron chi connectivity index (χ0n) is 10.9. The molecule has 0 bridgehead atoms. The molecule has 2 aromatic carbocycles. The maximum absolute atomic E-state index is 13.5. The Morgan fingerprint density at radius 2 is 2.00 bits per heavy atom. The molecule has 1 N–H and O–H groups in total. The van der Waals surface area contributed by atoms with Crippen LogP contribution in [0.1, 0.15) is 10.4 Å². The molecule has 0 saturated carbocycles. The summed E-state index contributed by atoms with van der Waals surface area (Å²) in [6.07, 6.45) is 0. The standard InChI is InChI=1S/C16H13ClFNS/c1-10-6-7-11(8-13(10)18)19-9-15-16(17)12-4-2-3-5-14(12)20-15/h2-8,19H,9H2,1H3. The molecule has 3 rings (SSSR count). The molecule has 1 heterocycles. The predicted octanol–water partition coefficient (Wildman–Crippen LogP) is 5.61. The summed E-state index contributed by atoms with van der Waals surface area (Å²) < 4.78 is 14.7. The van der Waals surface area contributed by atoms with Crippen molar-refractivity contribution >= 4 is 38.7 Å². The summed E-state index contributed by atoms with van der Waals surface area (Å²) in [4.78, 5) is 1.06. The molecule has 0 unspecified atom stereocenters. The fraction of sp³-hybridized carbons (Fsp3) is 0.125. The molecule has 3 aromatic rings. The number of nitrogens with one attached hydrogen (secondary N) is 1. The molecule has 0 amide bonds. The quantitative estimate of drug-likeness (QED) is 0.662. The van der Waals surface area contributed by atoms with Crippen LogP contribution in [0.15, 0.2) is 42.5 Å². The van der Waals surface area contributed by atoms with E-state index in [1.807, 2.05) is 24.3 Å².